The van der Waals surface area contributed by atoms with Crippen LogP contribution in [0.1, 0.15) is 12.0 Å². The molecular weight excluding hydrogens is 204 g/mol. The van der Waals surface area contributed by atoms with Gasteiger partial charge in [-0.15, -0.1) is 0 Å². The van der Waals surface area contributed by atoms with Gasteiger partial charge in [-0.2, -0.15) is 0 Å². The Morgan fingerprint density at radius 3 is 2.41 bits per heavy atom. The standard InChI is InChI=1S/C17H14/c1-2-8-14(9-3-1)16-12-6-4-10-15-11-5-7-13-17(15)16/h1-3,5-13H,4H2. The lowest BCUT2D eigenvalue weighted by Crippen LogP contribution is -2.25. The molecule has 17 heavy (non-hydrogen) atoms. The van der Waals surface area contributed by atoms with Crippen molar-refractivity contribution in [2.45, 2.75) is 6.42 Å². The number of hydrogen-bond donors (Lipinski definition) is 0. The van der Waals surface area contributed by atoms with E-state index in [0.29, 0.717) is 0 Å². The van der Waals surface area contributed by atoms with Gasteiger partial charge < -0.3 is 0 Å². The molecule has 0 aliphatic heterocycles. The summed E-state index contributed by atoms with van der Waals surface area (Å²) in [6.45, 7) is 0. The third-order valence-corrected chi connectivity index (χ3v) is 3.09. The molecule has 0 aromatic heterocycles. The summed E-state index contributed by atoms with van der Waals surface area (Å²) in [6, 6.07) is 19.2. The van der Waals surface area contributed by atoms with Crippen molar-refractivity contribution in [3.63, 3.8) is 0 Å². The van der Waals surface area contributed by atoms with Crippen molar-refractivity contribution in [1.29, 1.82) is 0 Å². The van der Waals surface area contributed by atoms with Gasteiger partial charge in [0.2, 0.25) is 0 Å². The zero-order valence-electron chi connectivity index (χ0n) is 9.64. The zero-order chi connectivity index (χ0) is 11.5. The van der Waals surface area contributed by atoms with Crippen LogP contribution in [0.15, 0.2) is 66.7 Å². The molecule has 0 amide bonds. The van der Waals surface area contributed by atoms with Crippen LogP contribution in [-0.2, 0) is 0 Å². The third-order valence-electron chi connectivity index (χ3n) is 3.09. The highest BCUT2D eigenvalue weighted by molar-refractivity contribution is 5.74. The molecule has 0 radical (unpaired) electrons. The molecule has 0 saturated carbocycles. The molecule has 1 aliphatic rings. The predicted octanol–water partition coefficient (Wildman–Crippen LogP) is 2.63. The second kappa shape index (κ2) is 4.42. The van der Waals surface area contributed by atoms with Crippen molar-refractivity contribution in [2.24, 2.45) is 0 Å². The minimum Gasteiger partial charge on any atom is -0.0801 e. The Labute approximate surface area is 101 Å². The summed E-state index contributed by atoms with van der Waals surface area (Å²) in [7, 11) is 0. The van der Waals surface area contributed by atoms with Gasteiger partial charge in [-0.25, -0.2) is 0 Å². The van der Waals surface area contributed by atoms with Crippen LogP contribution in [0.25, 0.3) is 11.6 Å². The molecule has 0 N–H and O–H groups in total. The normalized spacial score (nSPS) is 13.8. The average molecular weight is 218 g/mol. The van der Waals surface area contributed by atoms with E-state index in [0.717, 1.165) is 6.42 Å². The van der Waals surface area contributed by atoms with Crippen LogP contribution >= 0.6 is 0 Å². The first-order valence-corrected chi connectivity index (χ1v) is 5.97. The zero-order valence-corrected chi connectivity index (χ0v) is 9.64. The topological polar surface area (TPSA) is 0 Å². The first kappa shape index (κ1) is 10.1. The van der Waals surface area contributed by atoms with Crippen LogP contribution < -0.4 is 10.4 Å². The van der Waals surface area contributed by atoms with E-state index in [9.17, 15) is 0 Å². The molecule has 0 unspecified atom stereocenters. The van der Waals surface area contributed by atoms with Crippen LogP contribution in [0, 0.1) is 0 Å². The van der Waals surface area contributed by atoms with E-state index in [1.165, 1.54) is 21.6 Å². The van der Waals surface area contributed by atoms with Gasteiger partial charge in [0.15, 0.2) is 0 Å². The maximum absolute atomic E-state index is 2.28. The van der Waals surface area contributed by atoms with Crippen LogP contribution in [-0.4, -0.2) is 0 Å². The predicted molar refractivity (Wildman–Crippen MR) is 72.9 cm³/mol. The van der Waals surface area contributed by atoms with Gasteiger partial charge in [0.05, 0.1) is 0 Å². The third kappa shape index (κ3) is 1.94. The van der Waals surface area contributed by atoms with Gasteiger partial charge in [-0.05, 0) is 28.0 Å². The molecule has 1 aliphatic carbocycles. The molecule has 0 heterocycles. The molecule has 2 aromatic carbocycles. The number of hydrogen-bond acceptors (Lipinski definition) is 0. The number of allylic oxidation sites excluding steroid dienone is 2. The van der Waals surface area contributed by atoms with E-state index in [4.69, 9.17) is 0 Å². The maximum atomic E-state index is 2.28. The molecule has 0 heteroatoms. The fourth-order valence-electron chi connectivity index (χ4n) is 2.26. The Bertz CT molecular complexity index is 661. The second-order valence-corrected chi connectivity index (χ2v) is 4.21. The highest BCUT2D eigenvalue weighted by Crippen LogP contribution is 2.13. The lowest BCUT2D eigenvalue weighted by atomic mass is 10.0. The summed E-state index contributed by atoms with van der Waals surface area (Å²) in [5, 5.41) is 2.66. The van der Waals surface area contributed by atoms with Crippen molar-refractivity contribution in [3.8, 4) is 0 Å². The minimum atomic E-state index is 1.01. The van der Waals surface area contributed by atoms with E-state index in [1.54, 1.807) is 0 Å². The lowest BCUT2D eigenvalue weighted by Gasteiger charge is -2.02. The smallest absolute Gasteiger partial charge is 0.0109 e. The Hall–Kier alpha value is -2.08. The number of fused-ring (bicyclic) bond motifs is 1. The van der Waals surface area contributed by atoms with Gasteiger partial charge in [-0.3, -0.25) is 0 Å². The largest absolute Gasteiger partial charge is 0.0801 e. The minimum absolute atomic E-state index is 1.01. The van der Waals surface area contributed by atoms with Crippen molar-refractivity contribution >= 4 is 11.6 Å². The molecule has 0 nitrogen and oxygen atoms in total. The quantitative estimate of drug-likeness (QED) is 0.690. The van der Waals surface area contributed by atoms with Crippen LogP contribution in [0.5, 0.6) is 0 Å². The average Bonchev–Trinajstić information content (AvgIpc) is 2.62. The van der Waals surface area contributed by atoms with E-state index < -0.39 is 0 Å². The van der Waals surface area contributed by atoms with E-state index in [-0.39, 0.29) is 0 Å². The molecular formula is C17H14. The van der Waals surface area contributed by atoms with Crippen molar-refractivity contribution in [3.05, 3.63) is 82.8 Å². The maximum Gasteiger partial charge on any atom is -0.0109 e. The van der Waals surface area contributed by atoms with Gasteiger partial charge in [0.25, 0.3) is 0 Å². The van der Waals surface area contributed by atoms with E-state index >= 15 is 0 Å². The summed E-state index contributed by atoms with van der Waals surface area (Å²) in [5.74, 6) is 0. The van der Waals surface area contributed by atoms with Crippen LogP contribution in [0.2, 0.25) is 0 Å². The summed E-state index contributed by atoms with van der Waals surface area (Å²) < 4.78 is 0. The lowest BCUT2D eigenvalue weighted by molar-refractivity contribution is 1.45. The van der Waals surface area contributed by atoms with Gasteiger partial charge in [0, 0.05) is 0 Å². The fourth-order valence-corrected chi connectivity index (χ4v) is 2.26. The molecule has 82 valence electrons. The molecule has 2 aromatic rings. The second-order valence-electron chi connectivity index (χ2n) is 4.21. The molecule has 0 atom stereocenters. The van der Waals surface area contributed by atoms with E-state index in [2.05, 4.69) is 72.8 Å². The summed E-state index contributed by atoms with van der Waals surface area (Å²) in [5.41, 5.74) is 2.60. The highest BCUT2D eigenvalue weighted by Gasteiger charge is 2.00. The number of benzene rings is 2. The van der Waals surface area contributed by atoms with Crippen molar-refractivity contribution in [2.75, 3.05) is 0 Å². The van der Waals surface area contributed by atoms with Gasteiger partial charge >= 0.3 is 0 Å². The van der Waals surface area contributed by atoms with Crippen LogP contribution in [0.3, 0.4) is 0 Å². The van der Waals surface area contributed by atoms with Crippen molar-refractivity contribution in [1.82, 2.24) is 0 Å². The first-order chi connectivity index (χ1) is 8.45. The fraction of sp³-hybridized carbons (Fsp3) is 0.0588. The highest BCUT2D eigenvalue weighted by atomic mass is 14.0. The molecule has 3 rings (SSSR count). The van der Waals surface area contributed by atoms with Crippen LogP contribution in [0.4, 0.5) is 0 Å². The Balaban J connectivity index is 2.38. The SMILES string of the molecule is C1=CC(c2ccccc2)=c2ccccc2=CC1. The van der Waals surface area contributed by atoms with E-state index in [1.807, 2.05) is 0 Å². The molecule has 0 fully saturated rings. The Morgan fingerprint density at radius 2 is 1.53 bits per heavy atom. The molecule has 0 saturated heterocycles. The molecule has 0 bridgehead atoms. The van der Waals surface area contributed by atoms with Crippen molar-refractivity contribution < 1.29 is 0 Å². The Morgan fingerprint density at radius 1 is 0.765 bits per heavy atom. The molecule has 0 spiro atoms. The summed E-state index contributed by atoms with van der Waals surface area (Å²) >= 11 is 0. The first-order valence-electron chi connectivity index (χ1n) is 5.97. The summed E-state index contributed by atoms with van der Waals surface area (Å²) in [6.07, 6.45) is 7.75. The summed E-state index contributed by atoms with van der Waals surface area (Å²) in [4.78, 5) is 0. The Kier molecular flexibility index (Phi) is 2.63. The monoisotopic (exact) mass is 218 g/mol. The van der Waals surface area contributed by atoms with Gasteiger partial charge in [0.1, 0.15) is 0 Å². The number of rotatable bonds is 1. The van der Waals surface area contributed by atoms with Gasteiger partial charge in [-0.1, -0.05) is 72.8 Å².